The summed E-state index contributed by atoms with van der Waals surface area (Å²) in [5.74, 6) is 4.33. The maximum Gasteiger partial charge on any atom is 0.550 e. The zero-order valence-corrected chi connectivity index (χ0v) is 3.75. The number of amides is 2. The van der Waals surface area contributed by atoms with Crippen LogP contribution in [0.25, 0.3) is 0 Å². The lowest BCUT2D eigenvalue weighted by Gasteiger charge is -1.84. The summed E-state index contributed by atoms with van der Waals surface area (Å²) in [6.07, 6.45) is 0. The van der Waals surface area contributed by atoms with E-state index in [0.29, 0.717) is 0 Å². The third-order valence-electron chi connectivity index (χ3n) is 0.289. The van der Waals surface area contributed by atoms with Gasteiger partial charge in [-0.15, -0.1) is 0 Å². The minimum absolute atomic E-state index is 0. The van der Waals surface area contributed by atoms with Crippen molar-refractivity contribution >= 4 is 6.03 Å². The van der Waals surface area contributed by atoms with E-state index in [9.17, 15) is 14.9 Å². The van der Waals surface area contributed by atoms with Crippen LogP contribution in [0.3, 0.4) is 0 Å². The smallest absolute Gasteiger partial charge is 0.412 e. The van der Waals surface area contributed by atoms with E-state index in [1.807, 2.05) is 0 Å². The van der Waals surface area contributed by atoms with Crippen LogP contribution in [0.2, 0.25) is 0 Å². The van der Waals surface area contributed by atoms with Crippen LogP contribution in [0.4, 0.5) is 4.79 Å². The summed E-state index contributed by atoms with van der Waals surface area (Å²) in [5, 5.41) is 9.24. The van der Waals surface area contributed by atoms with Crippen molar-refractivity contribution in [2.75, 3.05) is 0 Å². The van der Waals surface area contributed by atoms with Gasteiger partial charge in [-0.05, 0) is 0 Å². The molecule has 0 atom stereocenters. The van der Waals surface area contributed by atoms with Crippen molar-refractivity contribution in [1.82, 2.24) is 5.43 Å². The molecule has 48 valence electrons. The highest BCUT2D eigenvalue weighted by atomic mass is 16.6. The van der Waals surface area contributed by atoms with Crippen LogP contribution in [0.15, 0.2) is 0 Å². The summed E-state index contributed by atoms with van der Waals surface area (Å²) in [4.78, 5) is 17.7. The van der Waals surface area contributed by atoms with E-state index >= 15 is 0 Å². The second kappa shape index (κ2) is 3.96. The number of hydrogen-bond donors (Lipinski definition) is 2. The number of nitrogens with zero attached hydrogens (tertiary/aromatic N) is 1. The van der Waals surface area contributed by atoms with E-state index in [0.717, 1.165) is 0 Å². The zero-order chi connectivity index (χ0) is 5.86. The molecule has 0 aromatic heterocycles. The number of nitrogens with one attached hydrogen (secondary N) is 1. The molecule has 0 aliphatic heterocycles. The predicted molar refractivity (Wildman–Crippen MR) is 23.3 cm³/mol. The molecule has 0 saturated carbocycles. The molecule has 0 saturated heterocycles. The summed E-state index contributed by atoms with van der Waals surface area (Å²) in [6.45, 7) is 0. The van der Waals surface area contributed by atoms with Gasteiger partial charge in [0.05, 0.1) is 0 Å². The normalized spacial score (nSPS) is 6.62. The van der Waals surface area contributed by atoms with Crippen LogP contribution < -0.4 is 11.3 Å². The Labute approximate surface area is 43.9 Å². The summed E-state index contributed by atoms with van der Waals surface area (Å²) < 4.78 is 0. The Bertz CT molecular complexity index is 99.5. The van der Waals surface area contributed by atoms with Gasteiger partial charge < -0.3 is 15.6 Å². The highest BCUT2D eigenvalue weighted by molar-refractivity contribution is 5.63. The average Bonchev–Trinajstić information content (AvgIpc) is 1.65. The van der Waals surface area contributed by atoms with Gasteiger partial charge in [-0.3, -0.25) is 0 Å². The molecule has 0 aromatic rings. The first-order chi connectivity index (χ1) is 3.18. The van der Waals surface area contributed by atoms with Gasteiger partial charge in [0.2, 0.25) is 0 Å². The first kappa shape index (κ1) is 9.92. The Morgan fingerprint density at radius 1 is 1.75 bits per heavy atom. The lowest BCUT2D eigenvalue weighted by Crippen LogP contribution is -2.34. The van der Waals surface area contributed by atoms with E-state index in [1.165, 1.54) is 5.43 Å². The van der Waals surface area contributed by atoms with Crippen LogP contribution in [-0.2, 0) is 0 Å². The fraction of sp³-hybridized carbons (Fsp3) is 0. The van der Waals surface area contributed by atoms with Crippen LogP contribution in [0.5, 0.6) is 0 Å². The van der Waals surface area contributed by atoms with E-state index in [-0.39, 0.29) is 5.48 Å². The number of carbonyl (C=O) groups is 1. The number of nitrogens with two attached hydrogens (primary N) is 1. The molecular weight excluding hydrogens is 118 g/mol. The van der Waals surface area contributed by atoms with Gasteiger partial charge in [-0.1, -0.05) is 0 Å². The third kappa shape index (κ3) is 3.00. The van der Waals surface area contributed by atoms with Crippen LogP contribution >= 0.6 is 0 Å². The highest BCUT2D eigenvalue weighted by Gasteiger charge is 2.05. The van der Waals surface area contributed by atoms with Crippen molar-refractivity contribution in [3.8, 4) is 0 Å². The molecule has 7 heteroatoms. The fourth-order valence-corrected chi connectivity index (χ4v) is 0.0527. The second-order valence-corrected chi connectivity index (χ2v) is 0.707. The van der Waals surface area contributed by atoms with E-state index in [1.54, 1.807) is 0 Å². The van der Waals surface area contributed by atoms with E-state index in [2.05, 4.69) is 5.84 Å². The first-order valence-electron chi connectivity index (χ1n) is 1.33. The lowest BCUT2D eigenvalue weighted by molar-refractivity contribution is -0.374. The third-order valence-corrected chi connectivity index (χ3v) is 0.289. The monoisotopic (exact) mass is 123 g/mol. The average molecular weight is 123 g/mol. The van der Waals surface area contributed by atoms with E-state index < -0.39 is 11.0 Å². The highest BCUT2D eigenvalue weighted by Crippen LogP contribution is 1.64. The Hall–Kier alpha value is -1.21. The largest absolute Gasteiger partial charge is 0.550 e. The van der Waals surface area contributed by atoms with Crippen molar-refractivity contribution < 1.29 is 15.2 Å². The number of nitro groups is 1. The van der Waals surface area contributed by atoms with Gasteiger partial charge in [0.1, 0.15) is 0 Å². The van der Waals surface area contributed by atoms with Gasteiger partial charge in [-0.2, -0.15) is 16.1 Å². The van der Waals surface area contributed by atoms with E-state index in [4.69, 9.17) is 0 Å². The number of carbonyl (C=O) groups excluding carboxylic acids is 1. The lowest BCUT2D eigenvalue weighted by atomic mass is 11.1. The molecule has 0 aromatic carbocycles. The van der Waals surface area contributed by atoms with Crippen molar-refractivity contribution in [2.45, 2.75) is 0 Å². The summed E-state index contributed by atoms with van der Waals surface area (Å²) in [7, 11) is 0. The molecule has 0 fully saturated rings. The maximum atomic E-state index is 9.58. The molecule has 5 N–H and O–H groups in total. The molecule has 0 bridgehead atoms. The topological polar surface area (TPSA) is 130 Å². The molecule has 0 rings (SSSR count). The SMILES string of the molecule is NNC(=O)[N+](=O)[O-].O. The van der Waals surface area contributed by atoms with Crippen LogP contribution in [0, 0.1) is 10.1 Å². The standard InChI is InChI=1S/CH3N3O3.H2O/c2-3-1(5)4(6)7;/h2H2,(H,3,5);1H2. The Kier molecular flexibility index (Phi) is 4.91. The predicted octanol–water partition coefficient (Wildman–Crippen LogP) is -1.98. The van der Waals surface area contributed by atoms with Crippen molar-refractivity contribution in [3.63, 3.8) is 0 Å². The molecule has 0 unspecified atom stereocenters. The number of hydrogen-bond acceptors (Lipinski definition) is 4. The van der Waals surface area contributed by atoms with Crippen molar-refractivity contribution in [3.05, 3.63) is 10.1 Å². The molecule has 0 aliphatic rings. The van der Waals surface area contributed by atoms with Crippen LogP contribution in [0.1, 0.15) is 0 Å². The summed E-state index contributed by atoms with van der Waals surface area (Å²) in [5.41, 5.74) is 1.33. The Morgan fingerprint density at radius 3 is 2.12 bits per heavy atom. The first-order valence-corrected chi connectivity index (χ1v) is 1.33. The van der Waals surface area contributed by atoms with Gasteiger partial charge in [0.15, 0.2) is 0 Å². The number of hydrazine groups is 1. The fourth-order valence-electron chi connectivity index (χ4n) is 0.0527. The number of rotatable bonds is 0. The molecule has 8 heavy (non-hydrogen) atoms. The van der Waals surface area contributed by atoms with Crippen molar-refractivity contribution in [2.24, 2.45) is 5.84 Å². The van der Waals surface area contributed by atoms with Gasteiger partial charge in [0.25, 0.3) is 0 Å². The minimum atomic E-state index is -1.40. The molecular formula is CH5N3O4. The number of urea groups is 1. The van der Waals surface area contributed by atoms with Gasteiger partial charge >= 0.3 is 6.03 Å². The molecule has 7 nitrogen and oxygen atoms in total. The molecule has 0 aliphatic carbocycles. The quantitative estimate of drug-likeness (QED) is 0.167. The molecule has 2 amide bonds. The summed E-state index contributed by atoms with van der Waals surface area (Å²) >= 11 is 0. The zero-order valence-electron chi connectivity index (χ0n) is 3.75. The Morgan fingerprint density at radius 2 is 2.12 bits per heavy atom. The molecule has 0 spiro atoms. The van der Waals surface area contributed by atoms with Gasteiger partial charge in [-0.25, -0.2) is 0 Å². The maximum absolute atomic E-state index is 9.58. The van der Waals surface area contributed by atoms with Gasteiger partial charge in [0, 0.05) is 4.92 Å². The second-order valence-electron chi connectivity index (χ2n) is 0.707. The molecule has 0 radical (unpaired) electrons. The van der Waals surface area contributed by atoms with Crippen molar-refractivity contribution in [1.29, 1.82) is 0 Å². The molecule has 0 heterocycles. The Balaban J connectivity index is 0. The minimum Gasteiger partial charge on any atom is -0.412 e. The van der Waals surface area contributed by atoms with Crippen LogP contribution in [-0.4, -0.2) is 16.4 Å². The summed E-state index contributed by atoms with van der Waals surface area (Å²) in [6, 6.07) is -1.40.